The van der Waals surface area contributed by atoms with E-state index < -0.39 is 43.4 Å². The topological polar surface area (TPSA) is 236 Å². The smallest absolute Gasteiger partial charge is 0.293 e. The van der Waals surface area contributed by atoms with E-state index in [1.807, 2.05) is 30.3 Å². The number of nitrogens with zero attached hydrogens (tertiary/aromatic N) is 7. The second-order valence-electron chi connectivity index (χ2n) is 24.6. The van der Waals surface area contributed by atoms with Crippen LogP contribution < -0.4 is 25.0 Å². The number of aromatic nitrogens is 2. The summed E-state index contributed by atoms with van der Waals surface area (Å²) >= 11 is 6.28. The molecule has 1 saturated carbocycles. The molecular weight excluding hydrogens is 1130 g/mol. The largest absolute Gasteiger partial charge is 0.455 e. The lowest BCUT2D eigenvalue weighted by molar-refractivity contribution is -0.384. The van der Waals surface area contributed by atoms with Crippen LogP contribution >= 0.6 is 11.6 Å². The third-order valence-electron chi connectivity index (χ3n) is 18.4. The van der Waals surface area contributed by atoms with Gasteiger partial charge in [0.05, 0.1) is 21.6 Å². The van der Waals surface area contributed by atoms with Crippen molar-refractivity contribution < 1.29 is 37.3 Å². The zero-order chi connectivity index (χ0) is 59.9. The molecule has 3 saturated heterocycles. The molecule has 2 aromatic heterocycles. The summed E-state index contributed by atoms with van der Waals surface area (Å²) in [4.78, 5) is 82.3. The van der Waals surface area contributed by atoms with Crippen molar-refractivity contribution in [3.05, 3.63) is 152 Å². The molecule has 6 heterocycles. The van der Waals surface area contributed by atoms with Gasteiger partial charge in [0.1, 0.15) is 28.9 Å². The maximum Gasteiger partial charge on any atom is 0.293 e. The first kappa shape index (κ1) is 58.7. The number of anilines is 2. The van der Waals surface area contributed by atoms with E-state index in [2.05, 4.69) is 77.0 Å². The maximum atomic E-state index is 14.2. The Kier molecular flexibility index (Phi) is 16.8. The Morgan fingerprint density at radius 3 is 2.37 bits per heavy atom. The van der Waals surface area contributed by atoms with Crippen molar-refractivity contribution in [2.24, 2.45) is 11.3 Å². The van der Waals surface area contributed by atoms with Gasteiger partial charge >= 0.3 is 0 Å². The Labute approximate surface area is 505 Å². The van der Waals surface area contributed by atoms with Gasteiger partial charge < -0.3 is 24.8 Å². The highest BCUT2D eigenvalue weighted by atomic mass is 35.5. The number of piperidine rings is 1. The van der Waals surface area contributed by atoms with Crippen LogP contribution in [0.3, 0.4) is 0 Å². The van der Waals surface area contributed by atoms with E-state index in [-0.39, 0.29) is 46.6 Å². The number of carbonyl (C=O) groups excluding carboxylic acids is 4. The molecule has 4 fully saturated rings. The summed E-state index contributed by atoms with van der Waals surface area (Å²) in [5.41, 5.74) is 8.10. The number of allylic oxidation sites excluding steroid dienone is 1. The number of ether oxygens (including phenoxy) is 1. The molecule has 6 aliphatic rings. The highest BCUT2D eigenvalue weighted by Gasteiger charge is 2.40. The number of H-pyrrole nitrogens is 1. The van der Waals surface area contributed by atoms with Crippen LogP contribution in [0.15, 0.2) is 114 Å². The van der Waals surface area contributed by atoms with Crippen LogP contribution in [0.2, 0.25) is 5.02 Å². The number of fused-ring (bicyclic) bond motifs is 2. The van der Waals surface area contributed by atoms with E-state index in [0.29, 0.717) is 62.1 Å². The Morgan fingerprint density at radius 1 is 0.860 bits per heavy atom. The zero-order valence-electron chi connectivity index (χ0n) is 48.5. The number of hydrogen-bond donors (Lipinski definition) is 4. The highest BCUT2D eigenvalue weighted by molar-refractivity contribution is 7.90. The van der Waals surface area contributed by atoms with Crippen LogP contribution in [0.1, 0.15) is 109 Å². The van der Waals surface area contributed by atoms with Crippen molar-refractivity contribution in [3.8, 4) is 11.5 Å². The van der Waals surface area contributed by atoms with Gasteiger partial charge in [-0.25, -0.2) is 18.1 Å². The number of imide groups is 1. The number of benzene rings is 4. The summed E-state index contributed by atoms with van der Waals surface area (Å²) in [6, 6.07) is 26.0. The average molecular weight is 1210 g/mol. The number of amides is 4. The normalized spacial score (nSPS) is 21.6. The summed E-state index contributed by atoms with van der Waals surface area (Å²) in [5, 5.41) is 19.7. The van der Waals surface area contributed by atoms with E-state index >= 15 is 0 Å². The Balaban J connectivity index is 0.653. The minimum Gasteiger partial charge on any atom is -0.455 e. The number of aromatic amines is 1. The van der Waals surface area contributed by atoms with Gasteiger partial charge in [-0.05, 0) is 140 Å². The lowest BCUT2D eigenvalue weighted by Crippen LogP contribution is -2.52. The predicted octanol–water partition coefficient (Wildman–Crippen LogP) is 9.37. The first-order valence-electron chi connectivity index (χ1n) is 29.9. The molecular formula is C64H72ClN11O9S. The molecule has 1 unspecified atom stereocenters. The van der Waals surface area contributed by atoms with Gasteiger partial charge in [0, 0.05) is 131 Å². The number of nitro groups is 1. The number of nitrogens with one attached hydrogen (secondary N) is 4. The summed E-state index contributed by atoms with van der Waals surface area (Å²) in [7, 11) is -4.63. The van der Waals surface area contributed by atoms with Crippen molar-refractivity contribution in [1.29, 1.82) is 0 Å². The van der Waals surface area contributed by atoms with Crippen molar-refractivity contribution in [1.82, 2.24) is 39.6 Å². The summed E-state index contributed by atoms with van der Waals surface area (Å²) < 4.78 is 36.6. The average Bonchev–Trinajstić information content (AvgIpc) is 2.51. The predicted molar refractivity (Wildman–Crippen MR) is 329 cm³/mol. The summed E-state index contributed by atoms with van der Waals surface area (Å²) in [6.45, 7) is 13.6. The summed E-state index contributed by atoms with van der Waals surface area (Å²) in [5.74, 6) is -1.16. The standard InChI is InChI=1S/C64H72ClN11O9S/c1-64(2)22-20-45(53(35-64)42-8-10-46(65)11-9-42)39-72-26-30-74(31-27-72)48-14-16-52(58(33-48)85-49-32-43-21-23-66-60(43)68-37-49)61(78)70-86(83,84)50-15-17-55(57(34-50)76(81)82)67-36-41-6-12-47(13-7-41)73-28-24-71(25-29-73)38-44-4-3-5-51-54(44)40-75(63(51)80)56-18-19-59(77)69-62(56)79/h3-5,8-11,14-17,21,23,32-34,37,41,47,56,67H,6-7,12-13,18-20,22,24-31,35-36,38-40H2,1-2H3,(H,66,68)(H,70,78)(H,69,77,79)/t41-,47+,56?. The van der Waals surface area contributed by atoms with Crippen molar-refractivity contribution in [3.63, 3.8) is 0 Å². The van der Waals surface area contributed by atoms with Gasteiger partial charge in [-0.1, -0.05) is 55.3 Å². The van der Waals surface area contributed by atoms with Crippen LogP contribution in [0.25, 0.3) is 16.6 Å². The summed E-state index contributed by atoms with van der Waals surface area (Å²) in [6.07, 6.45) is 10.8. The quantitative estimate of drug-likeness (QED) is 0.0378. The lowest BCUT2D eigenvalue weighted by atomic mass is 9.72. The first-order valence-corrected chi connectivity index (χ1v) is 31.8. The van der Waals surface area contributed by atoms with Crippen molar-refractivity contribution in [2.45, 2.75) is 102 Å². The van der Waals surface area contributed by atoms with Crippen LogP contribution in [-0.4, -0.2) is 144 Å². The molecule has 86 heavy (non-hydrogen) atoms. The van der Waals surface area contributed by atoms with E-state index in [4.69, 9.17) is 16.3 Å². The number of sulfonamides is 1. The molecule has 20 nitrogen and oxygen atoms in total. The molecule has 0 spiro atoms. The third-order valence-corrected chi connectivity index (χ3v) is 20.0. The molecule has 2 aliphatic carbocycles. The monoisotopic (exact) mass is 1210 g/mol. The number of rotatable bonds is 17. The molecule has 4 aliphatic heterocycles. The number of piperazine rings is 2. The Hall–Kier alpha value is -7.69. The fraction of sp³-hybridized carbons (Fsp3) is 0.422. The number of nitro benzene ring substituents is 1. The Bertz CT molecular complexity index is 3750. The maximum absolute atomic E-state index is 14.2. The molecule has 6 aromatic rings. The molecule has 4 amide bonds. The molecule has 0 bridgehead atoms. The zero-order valence-corrected chi connectivity index (χ0v) is 50.1. The lowest BCUT2D eigenvalue weighted by Gasteiger charge is -2.42. The Morgan fingerprint density at radius 2 is 1.62 bits per heavy atom. The second kappa shape index (κ2) is 24.6. The van der Waals surface area contributed by atoms with Gasteiger partial charge in [-0.2, -0.15) is 0 Å². The third kappa shape index (κ3) is 12.9. The van der Waals surface area contributed by atoms with Crippen LogP contribution in [0, 0.1) is 21.4 Å². The van der Waals surface area contributed by atoms with Crippen LogP contribution in [0.5, 0.6) is 11.5 Å². The molecule has 450 valence electrons. The fourth-order valence-electron chi connectivity index (χ4n) is 13.5. The van der Waals surface area contributed by atoms with Crippen molar-refractivity contribution >= 4 is 78.9 Å². The molecule has 0 radical (unpaired) electrons. The number of carbonyl (C=O) groups is 4. The number of halogens is 1. The van der Waals surface area contributed by atoms with Gasteiger partial charge in [0.25, 0.3) is 27.5 Å². The van der Waals surface area contributed by atoms with E-state index in [0.717, 1.165) is 124 Å². The van der Waals surface area contributed by atoms with Gasteiger partial charge in [-0.3, -0.25) is 49.3 Å². The molecule has 12 rings (SSSR count). The van der Waals surface area contributed by atoms with E-state index in [1.54, 1.807) is 35.4 Å². The molecule has 1 atom stereocenters. The van der Waals surface area contributed by atoms with E-state index in [1.165, 1.54) is 35.0 Å². The minimum atomic E-state index is -4.63. The SMILES string of the molecule is CC1(C)CCC(CN2CCN(c3ccc(C(=O)NS(=O)(=O)c4ccc(NC[C@H]5CC[C@@H](N6CCN(Cc7cccc8c7CN(C7CCC(=O)NC7=O)C8=O)CC6)CC5)c([N+](=O)[O-])c4)c(Oc4cnc5[nH]ccc5c4)c3)CC2)=C(c2ccc(Cl)cc2)C1. The molecule has 22 heteroatoms. The number of pyridine rings is 1. The van der Waals surface area contributed by atoms with Crippen LogP contribution in [-0.2, 0) is 32.7 Å². The van der Waals surface area contributed by atoms with Crippen molar-refractivity contribution in [2.75, 3.05) is 75.7 Å². The van der Waals surface area contributed by atoms with Gasteiger partial charge in [0.2, 0.25) is 11.8 Å². The van der Waals surface area contributed by atoms with Gasteiger partial charge in [0.15, 0.2) is 0 Å². The second-order valence-corrected chi connectivity index (χ2v) is 26.8. The van der Waals surface area contributed by atoms with Gasteiger partial charge in [-0.15, -0.1) is 0 Å². The van der Waals surface area contributed by atoms with E-state index in [9.17, 15) is 37.7 Å². The fourth-order valence-corrected chi connectivity index (χ4v) is 14.6. The molecule has 4 aromatic carbocycles. The first-order chi connectivity index (χ1) is 41.4. The number of hydrogen-bond acceptors (Lipinski definition) is 15. The minimum absolute atomic E-state index is 0.0509. The highest BCUT2D eigenvalue weighted by Crippen LogP contribution is 2.44. The van der Waals surface area contributed by atoms with Crippen LogP contribution in [0.4, 0.5) is 17.1 Å². The molecule has 4 N–H and O–H groups in total.